The van der Waals surface area contributed by atoms with Crippen molar-refractivity contribution in [2.75, 3.05) is 11.9 Å². The molecule has 0 aliphatic heterocycles. The Morgan fingerprint density at radius 3 is 2.58 bits per heavy atom. The molecule has 0 bridgehead atoms. The number of hydrogen-bond acceptors (Lipinski definition) is 5. The summed E-state index contributed by atoms with van der Waals surface area (Å²) in [5.74, 6) is 1.03. The molecule has 2 aromatic carbocycles. The van der Waals surface area contributed by atoms with Crippen molar-refractivity contribution in [3.63, 3.8) is 0 Å². The van der Waals surface area contributed by atoms with Crippen molar-refractivity contribution in [3.05, 3.63) is 54.6 Å². The van der Waals surface area contributed by atoms with Crippen molar-refractivity contribution < 1.29 is 9.53 Å². The molecular weight excluding hydrogens is 306 g/mol. The predicted molar refractivity (Wildman–Crippen MR) is 89.5 cm³/mol. The van der Waals surface area contributed by atoms with Crippen LogP contribution in [-0.4, -0.2) is 32.7 Å². The zero-order valence-electron chi connectivity index (χ0n) is 13.2. The van der Waals surface area contributed by atoms with E-state index in [0.29, 0.717) is 18.1 Å². The van der Waals surface area contributed by atoms with Gasteiger partial charge in [0.05, 0.1) is 6.61 Å². The number of nitrogens with one attached hydrogen (secondary N) is 1. The molecule has 7 nitrogen and oxygen atoms in total. The Labute approximate surface area is 139 Å². The summed E-state index contributed by atoms with van der Waals surface area (Å²) in [7, 11) is 0. The van der Waals surface area contributed by atoms with Crippen LogP contribution >= 0.6 is 0 Å². The summed E-state index contributed by atoms with van der Waals surface area (Å²) >= 11 is 0. The number of hydrogen-bond donors (Lipinski definition) is 1. The first kappa shape index (κ1) is 15.7. The van der Waals surface area contributed by atoms with Gasteiger partial charge in [0.2, 0.25) is 11.7 Å². The fraction of sp³-hybridized carbons (Fsp3) is 0.176. The van der Waals surface area contributed by atoms with Gasteiger partial charge in [-0.15, -0.1) is 10.2 Å². The average molecular weight is 323 g/mol. The summed E-state index contributed by atoms with van der Waals surface area (Å²) in [6.45, 7) is 2.52. The quantitative estimate of drug-likeness (QED) is 0.753. The highest BCUT2D eigenvalue weighted by Gasteiger charge is 2.09. The molecule has 0 saturated heterocycles. The number of nitrogens with zero attached hydrogens (tertiary/aromatic N) is 4. The summed E-state index contributed by atoms with van der Waals surface area (Å²) in [6, 6.07) is 16.7. The minimum atomic E-state index is -0.226. The second kappa shape index (κ2) is 7.36. The van der Waals surface area contributed by atoms with Crippen LogP contribution < -0.4 is 10.1 Å². The number of tetrazole rings is 1. The molecule has 0 spiro atoms. The van der Waals surface area contributed by atoms with E-state index in [4.69, 9.17) is 4.74 Å². The van der Waals surface area contributed by atoms with E-state index in [2.05, 4.69) is 20.7 Å². The highest BCUT2D eigenvalue weighted by Crippen LogP contribution is 2.16. The summed E-state index contributed by atoms with van der Waals surface area (Å²) in [5, 5.41) is 14.9. The van der Waals surface area contributed by atoms with E-state index in [1.54, 1.807) is 24.3 Å². The van der Waals surface area contributed by atoms with Gasteiger partial charge in [-0.3, -0.25) is 4.79 Å². The Hall–Kier alpha value is -3.22. The molecular formula is C17H17N5O2. The molecule has 0 saturated carbocycles. The number of carbonyl (C=O) groups is 1. The Kier molecular flexibility index (Phi) is 4.81. The van der Waals surface area contributed by atoms with Crippen molar-refractivity contribution in [3.8, 4) is 17.1 Å². The number of benzene rings is 2. The molecule has 3 rings (SSSR count). The largest absolute Gasteiger partial charge is 0.494 e. The predicted octanol–water partition coefficient (Wildman–Crippen LogP) is 2.38. The molecule has 0 aliphatic carbocycles. The maximum Gasteiger partial charge on any atom is 0.248 e. The summed E-state index contributed by atoms with van der Waals surface area (Å²) in [5.41, 5.74) is 1.54. The monoisotopic (exact) mass is 323 g/mol. The second-order valence-electron chi connectivity index (χ2n) is 5.02. The van der Waals surface area contributed by atoms with Gasteiger partial charge in [0.15, 0.2) is 0 Å². The standard InChI is InChI=1S/C17H17N5O2/c1-2-24-15-10-8-14(9-11-15)18-16(23)12-22-20-17(19-21-22)13-6-4-3-5-7-13/h3-11H,2,12H2,1H3,(H,18,23). The summed E-state index contributed by atoms with van der Waals surface area (Å²) in [4.78, 5) is 13.3. The van der Waals surface area contributed by atoms with Crippen LogP contribution in [0.4, 0.5) is 5.69 Å². The number of anilines is 1. The summed E-state index contributed by atoms with van der Waals surface area (Å²) < 4.78 is 5.36. The molecule has 0 fully saturated rings. The Morgan fingerprint density at radius 2 is 1.88 bits per heavy atom. The van der Waals surface area contributed by atoms with Crippen LogP contribution in [0.3, 0.4) is 0 Å². The van der Waals surface area contributed by atoms with Gasteiger partial charge in [-0.25, -0.2) is 0 Å². The molecule has 1 amide bonds. The molecule has 24 heavy (non-hydrogen) atoms. The lowest BCUT2D eigenvalue weighted by molar-refractivity contribution is -0.117. The molecule has 1 N–H and O–H groups in total. The summed E-state index contributed by atoms with van der Waals surface area (Å²) in [6.07, 6.45) is 0. The van der Waals surface area contributed by atoms with E-state index in [1.165, 1.54) is 4.80 Å². The minimum absolute atomic E-state index is 0.00690. The van der Waals surface area contributed by atoms with E-state index in [9.17, 15) is 4.79 Å². The lowest BCUT2D eigenvalue weighted by Crippen LogP contribution is -2.20. The van der Waals surface area contributed by atoms with Crippen molar-refractivity contribution >= 4 is 11.6 Å². The van der Waals surface area contributed by atoms with Crippen molar-refractivity contribution in [1.82, 2.24) is 20.2 Å². The molecule has 0 atom stereocenters. The highest BCUT2D eigenvalue weighted by molar-refractivity contribution is 5.90. The van der Waals surface area contributed by atoms with E-state index >= 15 is 0 Å². The minimum Gasteiger partial charge on any atom is -0.494 e. The van der Waals surface area contributed by atoms with Crippen LogP contribution in [0.1, 0.15) is 6.92 Å². The van der Waals surface area contributed by atoms with Crippen LogP contribution in [0.25, 0.3) is 11.4 Å². The third-order valence-corrected chi connectivity index (χ3v) is 3.22. The fourth-order valence-corrected chi connectivity index (χ4v) is 2.14. The number of aromatic nitrogens is 4. The molecule has 7 heteroatoms. The van der Waals surface area contributed by atoms with Crippen molar-refractivity contribution in [2.45, 2.75) is 13.5 Å². The third-order valence-electron chi connectivity index (χ3n) is 3.22. The first-order valence-electron chi connectivity index (χ1n) is 7.60. The number of ether oxygens (including phenoxy) is 1. The Bertz CT molecular complexity index is 799. The van der Waals surface area contributed by atoms with Crippen LogP contribution in [0, 0.1) is 0 Å². The maximum absolute atomic E-state index is 12.1. The van der Waals surface area contributed by atoms with Gasteiger partial charge in [0.25, 0.3) is 0 Å². The van der Waals surface area contributed by atoms with Crippen LogP contribution in [0.2, 0.25) is 0 Å². The molecule has 3 aromatic rings. The molecule has 0 aliphatic rings. The molecule has 0 unspecified atom stereocenters. The number of rotatable bonds is 6. The zero-order chi connectivity index (χ0) is 16.8. The van der Waals surface area contributed by atoms with Gasteiger partial charge in [-0.1, -0.05) is 30.3 Å². The first-order valence-corrected chi connectivity index (χ1v) is 7.60. The van der Waals surface area contributed by atoms with E-state index in [0.717, 1.165) is 11.3 Å². The lowest BCUT2D eigenvalue weighted by atomic mass is 10.2. The maximum atomic E-state index is 12.1. The van der Waals surface area contributed by atoms with E-state index in [-0.39, 0.29) is 12.5 Å². The molecule has 1 heterocycles. The van der Waals surface area contributed by atoms with Crippen LogP contribution in [0.5, 0.6) is 5.75 Å². The van der Waals surface area contributed by atoms with E-state index in [1.807, 2.05) is 37.3 Å². The van der Waals surface area contributed by atoms with Crippen molar-refractivity contribution in [2.24, 2.45) is 0 Å². The Morgan fingerprint density at radius 1 is 1.12 bits per heavy atom. The first-order chi connectivity index (χ1) is 11.7. The van der Waals surface area contributed by atoms with Crippen LogP contribution in [0.15, 0.2) is 54.6 Å². The third kappa shape index (κ3) is 3.95. The SMILES string of the molecule is CCOc1ccc(NC(=O)Cn2nnc(-c3ccccc3)n2)cc1. The zero-order valence-corrected chi connectivity index (χ0v) is 13.2. The van der Waals surface area contributed by atoms with Gasteiger partial charge in [0.1, 0.15) is 12.3 Å². The smallest absolute Gasteiger partial charge is 0.248 e. The van der Waals surface area contributed by atoms with Gasteiger partial charge < -0.3 is 10.1 Å². The van der Waals surface area contributed by atoms with Crippen LogP contribution in [-0.2, 0) is 11.3 Å². The van der Waals surface area contributed by atoms with E-state index < -0.39 is 0 Å². The number of carbonyl (C=O) groups excluding carboxylic acids is 1. The van der Waals surface area contributed by atoms with Gasteiger partial charge in [-0.05, 0) is 36.4 Å². The van der Waals surface area contributed by atoms with Gasteiger partial charge >= 0.3 is 0 Å². The van der Waals surface area contributed by atoms with Gasteiger partial charge in [-0.2, -0.15) is 4.80 Å². The fourth-order valence-electron chi connectivity index (χ4n) is 2.14. The normalized spacial score (nSPS) is 10.4. The molecule has 0 radical (unpaired) electrons. The van der Waals surface area contributed by atoms with Gasteiger partial charge in [0, 0.05) is 11.3 Å². The second-order valence-corrected chi connectivity index (χ2v) is 5.02. The average Bonchev–Trinajstić information content (AvgIpc) is 3.06. The lowest BCUT2D eigenvalue weighted by Gasteiger charge is -2.06. The topological polar surface area (TPSA) is 81.9 Å². The van der Waals surface area contributed by atoms with Crippen molar-refractivity contribution in [1.29, 1.82) is 0 Å². The molecule has 1 aromatic heterocycles. The number of amides is 1. The molecule has 122 valence electrons. The highest BCUT2D eigenvalue weighted by atomic mass is 16.5. The Balaban J connectivity index is 1.60.